The number of benzene rings is 1. The highest BCUT2D eigenvalue weighted by Gasteiger charge is 2.22. The van der Waals surface area contributed by atoms with E-state index in [0.717, 1.165) is 16.8 Å². The number of anilines is 1. The molecule has 2 N–H and O–H groups in total. The second-order valence-electron chi connectivity index (χ2n) is 4.95. The van der Waals surface area contributed by atoms with Gasteiger partial charge in [-0.25, -0.2) is 5.43 Å². The van der Waals surface area contributed by atoms with Crippen molar-refractivity contribution in [1.82, 2.24) is 5.43 Å². The van der Waals surface area contributed by atoms with E-state index in [1.165, 1.54) is 6.92 Å². The molecular formula is C16H17N3O2. The van der Waals surface area contributed by atoms with E-state index in [1.54, 1.807) is 6.92 Å². The highest BCUT2D eigenvalue weighted by atomic mass is 16.2. The van der Waals surface area contributed by atoms with Crippen LogP contribution in [0.15, 0.2) is 23.3 Å². The standard InChI is InChI=1S/C16H17N3O2/c1-4-5-12-9-13(6-7-14(12)17-11(3)20)16-10(2)8-15(21)18-19-16/h6-7,9-10H,8H2,1-3H3,(H,17,20)(H,18,21)/t10-/m1/s1. The van der Waals surface area contributed by atoms with Crippen molar-refractivity contribution in [3.05, 3.63) is 29.3 Å². The molecule has 21 heavy (non-hydrogen) atoms. The van der Waals surface area contributed by atoms with Crippen molar-refractivity contribution >= 4 is 23.2 Å². The van der Waals surface area contributed by atoms with Gasteiger partial charge in [-0.15, -0.1) is 5.92 Å². The largest absolute Gasteiger partial charge is 0.325 e. The van der Waals surface area contributed by atoms with Crippen LogP contribution >= 0.6 is 0 Å². The first-order chi connectivity index (χ1) is 10.0. The van der Waals surface area contributed by atoms with Crippen LogP contribution in [-0.4, -0.2) is 17.5 Å². The average Bonchev–Trinajstić information content (AvgIpc) is 2.41. The predicted octanol–water partition coefficient (Wildman–Crippen LogP) is 1.88. The Balaban J connectivity index is 2.42. The highest BCUT2D eigenvalue weighted by molar-refractivity contribution is 6.06. The minimum atomic E-state index is -0.141. The molecule has 1 aromatic rings. The lowest BCUT2D eigenvalue weighted by Crippen LogP contribution is -2.32. The third-order valence-electron chi connectivity index (χ3n) is 3.15. The summed E-state index contributed by atoms with van der Waals surface area (Å²) in [6.07, 6.45) is 0.418. The first-order valence-corrected chi connectivity index (χ1v) is 6.72. The maximum atomic E-state index is 11.3. The minimum Gasteiger partial charge on any atom is -0.325 e. The minimum absolute atomic E-state index is 0.0489. The molecule has 2 amide bonds. The van der Waals surface area contributed by atoms with Gasteiger partial charge >= 0.3 is 0 Å². The number of hydrazone groups is 1. The van der Waals surface area contributed by atoms with Gasteiger partial charge in [0.25, 0.3) is 0 Å². The van der Waals surface area contributed by atoms with Crippen LogP contribution in [0.3, 0.4) is 0 Å². The van der Waals surface area contributed by atoms with Crippen molar-refractivity contribution in [2.45, 2.75) is 27.2 Å². The Hall–Kier alpha value is -2.61. The van der Waals surface area contributed by atoms with Gasteiger partial charge in [-0.3, -0.25) is 9.59 Å². The van der Waals surface area contributed by atoms with E-state index in [0.29, 0.717) is 12.1 Å². The van der Waals surface area contributed by atoms with Crippen molar-refractivity contribution in [3.8, 4) is 11.8 Å². The Morgan fingerprint density at radius 1 is 1.48 bits per heavy atom. The van der Waals surface area contributed by atoms with E-state index in [-0.39, 0.29) is 17.7 Å². The number of carbonyl (C=O) groups is 2. The fourth-order valence-electron chi connectivity index (χ4n) is 2.24. The lowest BCUT2D eigenvalue weighted by molar-refractivity contribution is -0.122. The first-order valence-electron chi connectivity index (χ1n) is 6.72. The monoisotopic (exact) mass is 283 g/mol. The summed E-state index contributed by atoms with van der Waals surface area (Å²) < 4.78 is 0. The summed E-state index contributed by atoms with van der Waals surface area (Å²) in [7, 11) is 0. The van der Waals surface area contributed by atoms with E-state index in [2.05, 4.69) is 27.7 Å². The molecule has 0 spiro atoms. The fraction of sp³-hybridized carbons (Fsp3) is 0.312. The van der Waals surface area contributed by atoms with Crippen LogP contribution in [0.25, 0.3) is 0 Å². The Morgan fingerprint density at radius 2 is 2.24 bits per heavy atom. The molecule has 0 saturated carbocycles. The van der Waals surface area contributed by atoms with Crippen molar-refractivity contribution in [2.24, 2.45) is 11.0 Å². The molecule has 2 rings (SSSR count). The summed E-state index contributed by atoms with van der Waals surface area (Å²) >= 11 is 0. The third-order valence-corrected chi connectivity index (χ3v) is 3.15. The summed E-state index contributed by atoms with van der Waals surface area (Å²) in [5, 5.41) is 6.89. The molecule has 1 aliphatic rings. The second-order valence-corrected chi connectivity index (χ2v) is 4.95. The molecule has 1 atom stereocenters. The number of hydrogen-bond acceptors (Lipinski definition) is 3. The molecule has 108 valence electrons. The SMILES string of the molecule is CC#Cc1cc(C2=NNC(=O)C[C@H]2C)ccc1NC(C)=O. The topological polar surface area (TPSA) is 70.6 Å². The molecule has 0 bridgehead atoms. The Bertz CT molecular complexity index is 680. The molecule has 0 radical (unpaired) electrons. The van der Waals surface area contributed by atoms with Crippen LogP contribution < -0.4 is 10.7 Å². The maximum absolute atomic E-state index is 11.3. The van der Waals surface area contributed by atoms with E-state index in [4.69, 9.17) is 0 Å². The number of carbonyl (C=O) groups excluding carboxylic acids is 2. The molecular weight excluding hydrogens is 266 g/mol. The van der Waals surface area contributed by atoms with Crippen molar-refractivity contribution in [1.29, 1.82) is 0 Å². The lowest BCUT2D eigenvalue weighted by Gasteiger charge is -2.19. The van der Waals surface area contributed by atoms with Gasteiger partial charge in [0, 0.05) is 24.8 Å². The Labute approximate surface area is 123 Å². The summed E-state index contributed by atoms with van der Waals surface area (Å²) in [5.74, 6) is 5.65. The summed E-state index contributed by atoms with van der Waals surface area (Å²) in [6.45, 7) is 5.16. The number of nitrogens with one attached hydrogen (secondary N) is 2. The lowest BCUT2D eigenvalue weighted by atomic mass is 9.93. The van der Waals surface area contributed by atoms with Gasteiger partial charge in [0.2, 0.25) is 11.8 Å². The molecule has 1 aromatic carbocycles. The summed E-state index contributed by atoms with van der Waals surface area (Å²) in [5.41, 5.74) is 5.63. The number of nitrogens with zero attached hydrogens (tertiary/aromatic N) is 1. The quantitative estimate of drug-likeness (QED) is 0.813. The number of hydrogen-bond donors (Lipinski definition) is 2. The van der Waals surface area contributed by atoms with Crippen molar-refractivity contribution < 1.29 is 9.59 Å². The predicted molar refractivity (Wildman–Crippen MR) is 81.8 cm³/mol. The molecule has 0 fully saturated rings. The third kappa shape index (κ3) is 3.48. The van der Waals surface area contributed by atoms with Gasteiger partial charge in [-0.1, -0.05) is 18.9 Å². The van der Waals surface area contributed by atoms with E-state index >= 15 is 0 Å². The average molecular weight is 283 g/mol. The van der Waals surface area contributed by atoms with Gasteiger partial charge in [0.05, 0.1) is 11.4 Å². The second kappa shape index (κ2) is 6.23. The molecule has 0 saturated heterocycles. The number of rotatable bonds is 2. The van der Waals surface area contributed by atoms with Crippen LogP contribution in [0.1, 0.15) is 38.3 Å². The number of amides is 2. The Kier molecular flexibility index (Phi) is 4.39. The zero-order valence-corrected chi connectivity index (χ0v) is 12.3. The summed E-state index contributed by atoms with van der Waals surface area (Å²) in [6, 6.07) is 5.57. The smallest absolute Gasteiger partial charge is 0.240 e. The normalized spacial score (nSPS) is 17.2. The van der Waals surface area contributed by atoms with Gasteiger partial charge < -0.3 is 5.32 Å². The molecule has 1 aliphatic heterocycles. The van der Waals surface area contributed by atoms with E-state index < -0.39 is 0 Å². The fourth-order valence-corrected chi connectivity index (χ4v) is 2.24. The van der Waals surface area contributed by atoms with Crippen LogP contribution in [-0.2, 0) is 9.59 Å². The van der Waals surface area contributed by atoms with Crippen LogP contribution in [0.2, 0.25) is 0 Å². The van der Waals surface area contributed by atoms with Crippen molar-refractivity contribution in [2.75, 3.05) is 5.32 Å². The zero-order chi connectivity index (χ0) is 15.4. The highest BCUT2D eigenvalue weighted by Crippen LogP contribution is 2.22. The van der Waals surface area contributed by atoms with Crippen LogP contribution in [0, 0.1) is 17.8 Å². The van der Waals surface area contributed by atoms with Gasteiger partial charge in [-0.2, -0.15) is 5.10 Å². The molecule has 0 aromatic heterocycles. The van der Waals surface area contributed by atoms with Gasteiger partial charge in [0.15, 0.2) is 0 Å². The first kappa shape index (κ1) is 14.8. The Morgan fingerprint density at radius 3 is 2.86 bits per heavy atom. The van der Waals surface area contributed by atoms with Gasteiger partial charge in [0.1, 0.15) is 0 Å². The maximum Gasteiger partial charge on any atom is 0.240 e. The zero-order valence-electron chi connectivity index (χ0n) is 12.3. The molecule has 5 nitrogen and oxygen atoms in total. The molecule has 5 heteroatoms. The van der Waals surface area contributed by atoms with E-state index in [1.807, 2.05) is 25.1 Å². The molecule has 1 heterocycles. The molecule has 0 aliphatic carbocycles. The summed E-state index contributed by atoms with van der Waals surface area (Å²) in [4.78, 5) is 22.5. The molecule has 0 unspecified atom stereocenters. The van der Waals surface area contributed by atoms with Crippen LogP contribution in [0.4, 0.5) is 5.69 Å². The van der Waals surface area contributed by atoms with Gasteiger partial charge in [-0.05, 0) is 24.6 Å². The van der Waals surface area contributed by atoms with Crippen LogP contribution in [0.5, 0.6) is 0 Å². The van der Waals surface area contributed by atoms with Crippen molar-refractivity contribution in [3.63, 3.8) is 0 Å². The van der Waals surface area contributed by atoms with E-state index in [9.17, 15) is 9.59 Å².